The molecule has 2 N–H and O–H groups in total. The molecule has 0 aliphatic carbocycles. The second-order valence-electron chi connectivity index (χ2n) is 8.36. The molecule has 0 spiro atoms. The van der Waals surface area contributed by atoms with E-state index < -0.39 is 24.2 Å². The number of hydrogen-bond acceptors (Lipinski definition) is 6. The van der Waals surface area contributed by atoms with Crippen LogP contribution in [0.15, 0.2) is 48.7 Å². The minimum atomic E-state index is -4.76. The molecular formula is C23H18F3N5O4. The van der Waals surface area contributed by atoms with Crippen molar-refractivity contribution in [3.63, 3.8) is 0 Å². The van der Waals surface area contributed by atoms with E-state index in [9.17, 15) is 32.7 Å². The first-order valence-corrected chi connectivity index (χ1v) is 10.7. The third-order valence-electron chi connectivity index (χ3n) is 6.10. The van der Waals surface area contributed by atoms with Crippen LogP contribution < -0.4 is 5.32 Å². The smallest absolute Gasteiger partial charge is 0.379 e. The first-order chi connectivity index (χ1) is 16.6. The van der Waals surface area contributed by atoms with Crippen molar-refractivity contribution in [2.75, 3.05) is 0 Å². The molecule has 2 aliphatic heterocycles. The molecule has 3 aromatic rings. The zero-order valence-corrected chi connectivity index (χ0v) is 18.0. The van der Waals surface area contributed by atoms with Gasteiger partial charge in [-0.2, -0.15) is 13.2 Å². The number of nitrogens with one attached hydrogen (secondary N) is 1. The SMILES string of the molecule is O=C1CCC(N2Cc3ccc(-n4cc(-c5ccc(C(O)C(F)(F)F)cc5)nn4)cc3C2=O)C(=O)N1. The number of hydrogen-bond donors (Lipinski definition) is 2. The molecule has 1 fully saturated rings. The van der Waals surface area contributed by atoms with Gasteiger partial charge in [0.15, 0.2) is 6.10 Å². The van der Waals surface area contributed by atoms with Gasteiger partial charge in [-0.3, -0.25) is 19.7 Å². The molecule has 0 saturated carbocycles. The second-order valence-corrected chi connectivity index (χ2v) is 8.36. The highest BCUT2D eigenvalue weighted by atomic mass is 19.4. The van der Waals surface area contributed by atoms with Gasteiger partial charge >= 0.3 is 6.18 Å². The Morgan fingerprint density at radius 3 is 2.51 bits per heavy atom. The van der Waals surface area contributed by atoms with E-state index in [2.05, 4.69) is 15.6 Å². The van der Waals surface area contributed by atoms with Gasteiger partial charge in [0.05, 0.1) is 11.9 Å². The fraction of sp³-hybridized carbons (Fsp3) is 0.261. The normalized spacial score (nSPS) is 19.0. The van der Waals surface area contributed by atoms with E-state index in [4.69, 9.17) is 0 Å². The number of fused-ring (bicyclic) bond motifs is 1. The summed E-state index contributed by atoms with van der Waals surface area (Å²) in [5.41, 5.74) is 2.28. The molecule has 2 aromatic carbocycles. The Hall–Kier alpha value is -4.06. The summed E-state index contributed by atoms with van der Waals surface area (Å²) in [5, 5.41) is 19.7. The number of benzene rings is 2. The molecule has 0 bridgehead atoms. The molecule has 0 radical (unpaired) electrons. The summed E-state index contributed by atoms with van der Waals surface area (Å²) in [6, 6.07) is 9.56. The summed E-state index contributed by atoms with van der Waals surface area (Å²) in [5.74, 6) is -1.17. The third-order valence-corrected chi connectivity index (χ3v) is 6.10. The van der Waals surface area contributed by atoms with E-state index in [1.807, 2.05) is 0 Å². The number of carbonyl (C=O) groups excluding carboxylic acids is 3. The molecule has 3 heterocycles. The van der Waals surface area contributed by atoms with E-state index in [0.29, 0.717) is 22.5 Å². The van der Waals surface area contributed by atoms with Crippen molar-refractivity contribution in [2.24, 2.45) is 0 Å². The third kappa shape index (κ3) is 4.16. The van der Waals surface area contributed by atoms with Gasteiger partial charge in [0, 0.05) is 24.1 Å². The molecule has 35 heavy (non-hydrogen) atoms. The molecule has 12 heteroatoms. The lowest BCUT2D eigenvalue weighted by molar-refractivity contribution is -0.206. The minimum absolute atomic E-state index is 0.166. The van der Waals surface area contributed by atoms with E-state index in [-0.39, 0.29) is 36.8 Å². The van der Waals surface area contributed by atoms with Crippen LogP contribution >= 0.6 is 0 Å². The number of halogens is 3. The predicted octanol–water partition coefficient (Wildman–Crippen LogP) is 2.29. The number of piperidine rings is 1. The average Bonchev–Trinajstić information content (AvgIpc) is 3.43. The van der Waals surface area contributed by atoms with Gasteiger partial charge in [0.25, 0.3) is 5.91 Å². The van der Waals surface area contributed by atoms with Gasteiger partial charge in [-0.1, -0.05) is 35.5 Å². The van der Waals surface area contributed by atoms with Crippen molar-refractivity contribution < 1.29 is 32.7 Å². The number of rotatable bonds is 4. The fourth-order valence-electron chi connectivity index (χ4n) is 4.23. The summed E-state index contributed by atoms with van der Waals surface area (Å²) < 4.78 is 39.5. The zero-order valence-electron chi connectivity index (χ0n) is 18.0. The lowest BCUT2D eigenvalue weighted by Gasteiger charge is -2.29. The lowest BCUT2D eigenvalue weighted by Crippen LogP contribution is -2.52. The zero-order chi connectivity index (χ0) is 24.9. The van der Waals surface area contributed by atoms with Crippen LogP contribution in [0.4, 0.5) is 13.2 Å². The summed E-state index contributed by atoms with van der Waals surface area (Å²) >= 11 is 0. The Labute approximate surface area is 196 Å². The Bertz CT molecular complexity index is 1340. The molecular weight excluding hydrogens is 467 g/mol. The van der Waals surface area contributed by atoms with Crippen LogP contribution in [0.1, 0.15) is 40.4 Å². The van der Waals surface area contributed by atoms with Gasteiger partial charge in [-0.05, 0) is 29.7 Å². The largest absolute Gasteiger partial charge is 0.418 e. The molecule has 3 amide bonds. The van der Waals surface area contributed by atoms with Crippen LogP contribution in [0.2, 0.25) is 0 Å². The van der Waals surface area contributed by atoms with Crippen LogP contribution in [0.5, 0.6) is 0 Å². The average molecular weight is 485 g/mol. The van der Waals surface area contributed by atoms with Gasteiger partial charge in [-0.15, -0.1) is 5.10 Å². The molecule has 180 valence electrons. The van der Waals surface area contributed by atoms with Crippen molar-refractivity contribution in [2.45, 2.75) is 37.7 Å². The van der Waals surface area contributed by atoms with Crippen molar-refractivity contribution >= 4 is 17.7 Å². The molecule has 2 atom stereocenters. The van der Waals surface area contributed by atoms with E-state index in [0.717, 1.165) is 5.56 Å². The Kier molecular flexibility index (Phi) is 5.39. The van der Waals surface area contributed by atoms with Crippen LogP contribution in [0.3, 0.4) is 0 Å². The number of aliphatic hydroxyl groups is 1. The minimum Gasteiger partial charge on any atom is -0.379 e. The number of carbonyl (C=O) groups is 3. The maximum atomic E-state index is 13.0. The molecule has 5 rings (SSSR count). The van der Waals surface area contributed by atoms with Gasteiger partial charge in [0.2, 0.25) is 11.8 Å². The van der Waals surface area contributed by atoms with Crippen molar-refractivity contribution in [1.82, 2.24) is 25.2 Å². The quantitative estimate of drug-likeness (QED) is 0.548. The standard InChI is InChI=1S/C23H18F3N5O4/c24-23(25,26)20(33)13-3-1-12(2-4-13)17-11-31(29-28-17)15-6-5-14-10-30(22(35)16(14)9-15)18-7-8-19(32)27-21(18)34/h1-6,9,11,18,20,33H,7-8,10H2,(H,27,32,34). The summed E-state index contributed by atoms with van der Waals surface area (Å²) in [6.07, 6.45) is -5.34. The van der Waals surface area contributed by atoms with E-state index in [1.54, 1.807) is 24.4 Å². The van der Waals surface area contributed by atoms with Gasteiger partial charge in [0.1, 0.15) is 11.7 Å². The van der Waals surface area contributed by atoms with Gasteiger partial charge in [-0.25, -0.2) is 4.68 Å². The highest BCUT2D eigenvalue weighted by Crippen LogP contribution is 2.33. The maximum Gasteiger partial charge on any atom is 0.418 e. The Morgan fingerprint density at radius 2 is 1.83 bits per heavy atom. The highest BCUT2D eigenvalue weighted by Gasteiger charge is 2.40. The number of nitrogens with zero attached hydrogens (tertiary/aromatic N) is 4. The highest BCUT2D eigenvalue weighted by molar-refractivity contribution is 6.05. The number of amides is 3. The van der Waals surface area contributed by atoms with Crippen LogP contribution in [0, 0.1) is 0 Å². The Balaban J connectivity index is 1.35. The summed E-state index contributed by atoms with van der Waals surface area (Å²) in [4.78, 5) is 38.1. The van der Waals surface area contributed by atoms with Crippen molar-refractivity contribution in [1.29, 1.82) is 0 Å². The number of alkyl halides is 3. The maximum absolute atomic E-state index is 13.0. The lowest BCUT2D eigenvalue weighted by atomic mass is 10.0. The molecule has 9 nitrogen and oxygen atoms in total. The van der Waals surface area contributed by atoms with E-state index in [1.165, 1.54) is 33.8 Å². The van der Waals surface area contributed by atoms with Crippen LogP contribution in [0.25, 0.3) is 16.9 Å². The molecule has 1 aromatic heterocycles. The fourth-order valence-corrected chi connectivity index (χ4v) is 4.23. The second kappa shape index (κ2) is 8.31. The molecule has 1 saturated heterocycles. The van der Waals surface area contributed by atoms with E-state index >= 15 is 0 Å². The first kappa shape index (κ1) is 22.7. The summed E-state index contributed by atoms with van der Waals surface area (Å²) in [7, 11) is 0. The molecule has 2 aliphatic rings. The summed E-state index contributed by atoms with van der Waals surface area (Å²) in [6.45, 7) is 0.249. The van der Waals surface area contributed by atoms with Crippen LogP contribution in [-0.2, 0) is 16.1 Å². The predicted molar refractivity (Wildman–Crippen MR) is 114 cm³/mol. The van der Waals surface area contributed by atoms with Crippen molar-refractivity contribution in [3.05, 3.63) is 65.4 Å². The number of aromatic nitrogens is 3. The molecule has 2 unspecified atom stereocenters. The number of imide groups is 1. The first-order valence-electron chi connectivity index (χ1n) is 10.7. The van der Waals surface area contributed by atoms with Crippen LogP contribution in [-0.4, -0.2) is 54.9 Å². The number of aliphatic hydroxyl groups excluding tert-OH is 1. The Morgan fingerprint density at radius 1 is 1.09 bits per heavy atom. The van der Waals surface area contributed by atoms with Gasteiger partial charge < -0.3 is 10.0 Å². The van der Waals surface area contributed by atoms with Crippen molar-refractivity contribution in [3.8, 4) is 16.9 Å². The topological polar surface area (TPSA) is 117 Å². The monoisotopic (exact) mass is 485 g/mol.